The van der Waals surface area contributed by atoms with E-state index in [0.717, 1.165) is 6.42 Å². The zero-order chi connectivity index (χ0) is 20.1. The van der Waals surface area contributed by atoms with Gasteiger partial charge >= 0.3 is 5.69 Å². The second-order valence-corrected chi connectivity index (χ2v) is 8.58. The molecule has 7 nitrogen and oxygen atoms in total. The number of aromatic nitrogens is 2. The molecule has 7 heteroatoms. The molecule has 1 aliphatic carbocycles. The highest BCUT2D eigenvalue weighted by molar-refractivity contribution is 5.95. The molecule has 0 saturated heterocycles. The Bertz CT molecular complexity index is 757. The van der Waals surface area contributed by atoms with Crippen LogP contribution in [-0.2, 0) is 11.3 Å². The third kappa shape index (κ3) is 5.47. The van der Waals surface area contributed by atoms with E-state index in [-0.39, 0.29) is 29.2 Å². The molecule has 1 fully saturated rings. The molecule has 3 N–H and O–H groups in total. The van der Waals surface area contributed by atoms with Gasteiger partial charge in [0.1, 0.15) is 5.82 Å². The predicted octanol–water partition coefficient (Wildman–Crippen LogP) is 2.73. The number of nitrogens with one attached hydrogen (secondary N) is 1. The first-order valence-electron chi connectivity index (χ1n) is 10.1. The number of nitrogen functional groups attached to an aromatic ring is 1. The van der Waals surface area contributed by atoms with Gasteiger partial charge in [0.25, 0.3) is 5.56 Å². The lowest BCUT2D eigenvalue weighted by Crippen LogP contribution is -2.43. The zero-order valence-corrected chi connectivity index (χ0v) is 17.1. The summed E-state index contributed by atoms with van der Waals surface area (Å²) >= 11 is 0. The lowest BCUT2D eigenvalue weighted by atomic mass is 10.0. The lowest BCUT2D eigenvalue weighted by molar-refractivity contribution is -0.119. The Labute approximate surface area is 160 Å². The zero-order valence-electron chi connectivity index (χ0n) is 17.1. The van der Waals surface area contributed by atoms with Crippen molar-refractivity contribution in [3.8, 4) is 0 Å². The van der Waals surface area contributed by atoms with Crippen molar-refractivity contribution >= 4 is 17.4 Å². The molecule has 0 radical (unpaired) electrons. The molecule has 1 amide bonds. The minimum Gasteiger partial charge on any atom is -0.383 e. The summed E-state index contributed by atoms with van der Waals surface area (Å²) in [4.78, 5) is 41.5. The Morgan fingerprint density at radius 1 is 1.19 bits per heavy atom. The summed E-state index contributed by atoms with van der Waals surface area (Å²) in [5, 5.41) is 0. The second kappa shape index (κ2) is 9.24. The number of amides is 1. The van der Waals surface area contributed by atoms with Crippen molar-refractivity contribution in [1.29, 1.82) is 0 Å². The van der Waals surface area contributed by atoms with Gasteiger partial charge in [-0.05, 0) is 24.2 Å². The SMILES string of the molecule is CC(C)CN(C(=O)CCC1CCCC1)c1c(N)n(CC(C)C)c(=O)[nH]c1=O. The maximum absolute atomic E-state index is 13.0. The number of carbonyl (C=O) groups excluding carboxylic acids is 1. The van der Waals surface area contributed by atoms with Gasteiger partial charge in [-0.1, -0.05) is 53.4 Å². The number of H-pyrrole nitrogens is 1. The van der Waals surface area contributed by atoms with Crippen molar-refractivity contribution in [2.45, 2.75) is 72.8 Å². The van der Waals surface area contributed by atoms with E-state index in [1.807, 2.05) is 27.7 Å². The van der Waals surface area contributed by atoms with E-state index in [4.69, 9.17) is 5.73 Å². The molecule has 0 spiro atoms. The van der Waals surface area contributed by atoms with Crippen LogP contribution < -0.4 is 21.9 Å². The van der Waals surface area contributed by atoms with E-state index in [1.165, 1.54) is 35.2 Å². The molecule has 1 aliphatic rings. The Kier molecular flexibility index (Phi) is 7.27. The monoisotopic (exact) mass is 378 g/mol. The van der Waals surface area contributed by atoms with Crippen molar-refractivity contribution in [3.63, 3.8) is 0 Å². The summed E-state index contributed by atoms with van der Waals surface area (Å²) in [6.45, 7) is 8.71. The van der Waals surface area contributed by atoms with Gasteiger partial charge in [0.05, 0.1) is 0 Å². The highest BCUT2D eigenvalue weighted by atomic mass is 16.2. The molecule has 1 aromatic heterocycles. The first-order valence-corrected chi connectivity index (χ1v) is 10.1. The molecule has 1 heterocycles. The van der Waals surface area contributed by atoms with E-state index in [2.05, 4.69) is 4.98 Å². The van der Waals surface area contributed by atoms with Crippen LogP contribution in [-0.4, -0.2) is 22.0 Å². The molecule has 0 unspecified atom stereocenters. The van der Waals surface area contributed by atoms with Gasteiger partial charge in [0, 0.05) is 19.5 Å². The van der Waals surface area contributed by atoms with E-state index in [0.29, 0.717) is 25.4 Å². The molecule has 2 rings (SSSR count). The van der Waals surface area contributed by atoms with Crippen molar-refractivity contribution in [1.82, 2.24) is 9.55 Å². The lowest BCUT2D eigenvalue weighted by Gasteiger charge is -2.27. The highest BCUT2D eigenvalue weighted by Crippen LogP contribution is 2.29. The van der Waals surface area contributed by atoms with E-state index in [1.54, 1.807) is 0 Å². The minimum atomic E-state index is -0.590. The van der Waals surface area contributed by atoms with Crippen LogP contribution in [0.5, 0.6) is 0 Å². The van der Waals surface area contributed by atoms with Crippen LogP contribution in [0.1, 0.15) is 66.2 Å². The smallest absolute Gasteiger partial charge is 0.330 e. The predicted molar refractivity (Wildman–Crippen MR) is 109 cm³/mol. The van der Waals surface area contributed by atoms with Crippen LogP contribution in [0, 0.1) is 17.8 Å². The molecule has 27 heavy (non-hydrogen) atoms. The molecule has 0 aromatic carbocycles. The largest absolute Gasteiger partial charge is 0.383 e. The summed E-state index contributed by atoms with van der Waals surface area (Å²) < 4.78 is 1.36. The molecule has 0 atom stereocenters. The van der Waals surface area contributed by atoms with Crippen molar-refractivity contribution in [3.05, 3.63) is 20.8 Å². The molecule has 1 aromatic rings. The highest BCUT2D eigenvalue weighted by Gasteiger charge is 2.26. The molecule has 0 aliphatic heterocycles. The van der Waals surface area contributed by atoms with Crippen molar-refractivity contribution in [2.75, 3.05) is 17.2 Å². The van der Waals surface area contributed by atoms with E-state index in [9.17, 15) is 14.4 Å². The number of carbonyl (C=O) groups is 1. The Morgan fingerprint density at radius 3 is 2.37 bits per heavy atom. The summed E-state index contributed by atoms with van der Waals surface area (Å²) in [6.07, 6.45) is 6.08. The Balaban J connectivity index is 2.35. The number of anilines is 2. The number of nitrogens with zero attached hydrogens (tertiary/aromatic N) is 2. The topological polar surface area (TPSA) is 101 Å². The van der Waals surface area contributed by atoms with Crippen LogP contribution in [0.2, 0.25) is 0 Å². The van der Waals surface area contributed by atoms with Gasteiger partial charge in [-0.3, -0.25) is 19.1 Å². The molecular formula is C20H34N4O3. The van der Waals surface area contributed by atoms with Gasteiger partial charge in [-0.25, -0.2) is 4.79 Å². The number of rotatable bonds is 8. The fourth-order valence-corrected chi connectivity index (χ4v) is 3.83. The summed E-state index contributed by atoms with van der Waals surface area (Å²) in [7, 11) is 0. The first-order chi connectivity index (χ1) is 12.7. The number of nitrogens with two attached hydrogens (primary N) is 1. The number of hydrogen-bond donors (Lipinski definition) is 2. The quantitative estimate of drug-likeness (QED) is 0.726. The van der Waals surface area contributed by atoms with Crippen LogP contribution in [0.15, 0.2) is 9.59 Å². The standard InChI is InChI=1S/C20H34N4O3/c1-13(2)11-23(16(25)10-9-15-7-5-6-8-15)17-18(21)24(12-14(3)4)20(27)22-19(17)26/h13-15H,5-12,21H2,1-4H3,(H,22,26,27). The van der Waals surface area contributed by atoms with Crippen LogP contribution in [0.3, 0.4) is 0 Å². The summed E-state index contributed by atoms with van der Waals surface area (Å²) in [6, 6.07) is 0. The van der Waals surface area contributed by atoms with Crippen molar-refractivity contribution < 1.29 is 4.79 Å². The summed E-state index contributed by atoms with van der Waals surface area (Å²) in [5.74, 6) is 0.931. The van der Waals surface area contributed by atoms with Crippen LogP contribution >= 0.6 is 0 Å². The second-order valence-electron chi connectivity index (χ2n) is 8.58. The van der Waals surface area contributed by atoms with Gasteiger partial charge in [-0.15, -0.1) is 0 Å². The maximum atomic E-state index is 13.0. The van der Waals surface area contributed by atoms with Gasteiger partial charge < -0.3 is 10.6 Å². The van der Waals surface area contributed by atoms with Crippen LogP contribution in [0.25, 0.3) is 0 Å². The molecule has 1 saturated carbocycles. The third-order valence-electron chi connectivity index (χ3n) is 5.12. The number of hydrogen-bond acceptors (Lipinski definition) is 4. The first kappa shape index (κ1) is 21.3. The molecular weight excluding hydrogens is 344 g/mol. The molecule has 152 valence electrons. The maximum Gasteiger partial charge on any atom is 0.330 e. The van der Waals surface area contributed by atoms with E-state index < -0.39 is 11.2 Å². The number of aromatic amines is 1. The van der Waals surface area contributed by atoms with Gasteiger partial charge in [-0.2, -0.15) is 0 Å². The third-order valence-corrected chi connectivity index (χ3v) is 5.12. The average molecular weight is 379 g/mol. The Morgan fingerprint density at radius 2 is 1.81 bits per heavy atom. The fraction of sp³-hybridized carbons (Fsp3) is 0.750. The normalized spacial score (nSPS) is 15.0. The Hall–Kier alpha value is -2.05. The van der Waals surface area contributed by atoms with Gasteiger partial charge in [0.15, 0.2) is 5.69 Å². The van der Waals surface area contributed by atoms with Crippen molar-refractivity contribution in [2.24, 2.45) is 17.8 Å². The fourth-order valence-electron chi connectivity index (χ4n) is 3.83. The minimum absolute atomic E-state index is 0.0762. The molecule has 0 bridgehead atoms. The van der Waals surface area contributed by atoms with E-state index >= 15 is 0 Å². The van der Waals surface area contributed by atoms with Gasteiger partial charge in [0.2, 0.25) is 5.91 Å². The van der Waals surface area contributed by atoms with Crippen LogP contribution in [0.4, 0.5) is 11.5 Å². The average Bonchev–Trinajstić information content (AvgIpc) is 3.08. The summed E-state index contributed by atoms with van der Waals surface area (Å²) in [5.41, 5.74) is 5.21.